The summed E-state index contributed by atoms with van der Waals surface area (Å²) in [5.74, 6) is -0.275. The molecule has 1 aromatic rings. The molecule has 1 aromatic carbocycles. The van der Waals surface area contributed by atoms with E-state index in [-0.39, 0.29) is 5.82 Å². The highest BCUT2D eigenvalue weighted by Gasteiger charge is 2.23. The van der Waals surface area contributed by atoms with Crippen molar-refractivity contribution in [3.05, 3.63) is 35.6 Å². The molecule has 2 rings (SSSR count). The van der Waals surface area contributed by atoms with E-state index in [1.54, 1.807) is 18.2 Å². The summed E-state index contributed by atoms with van der Waals surface area (Å²) >= 11 is 0. The predicted octanol–water partition coefficient (Wildman–Crippen LogP) is 3.27. The van der Waals surface area contributed by atoms with Gasteiger partial charge in [0.15, 0.2) is 0 Å². The zero-order valence-corrected chi connectivity index (χ0v) is 9.90. The minimum atomic E-state index is -0.436. The van der Waals surface area contributed by atoms with Crippen molar-refractivity contribution in [1.29, 1.82) is 5.26 Å². The van der Waals surface area contributed by atoms with Crippen molar-refractivity contribution in [1.82, 2.24) is 4.90 Å². The summed E-state index contributed by atoms with van der Waals surface area (Å²) in [7, 11) is 0. The minimum absolute atomic E-state index is 0.275. The van der Waals surface area contributed by atoms with Crippen LogP contribution in [0.2, 0.25) is 0 Å². The van der Waals surface area contributed by atoms with Crippen LogP contribution in [0.5, 0.6) is 0 Å². The summed E-state index contributed by atoms with van der Waals surface area (Å²) in [4.78, 5) is 2.10. The van der Waals surface area contributed by atoms with Gasteiger partial charge in [0.25, 0.3) is 0 Å². The number of hydrogen-bond acceptors (Lipinski definition) is 2. The highest BCUT2D eigenvalue weighted by molar-refractivity contribution is 5.26. The first-order chi connectivity index (χ1) is 8.33. The standard InChI is InChI=1S/C14H17FN2/c15-13-8-4-3-7-12(13)14(11-16)17-9-5-1-2-6-10-17/h3-4,7-8,14H,1-2,5-6,9-10H2. The van der Waals surface area contributed by atoms with Crippen LogP contribution in [0.3, 0.4) is 0 Å². The molecule has 1 atom stereocenters. The first kappa shape index (κ1) is 12.1. The second-order valence-corrected chi connectivity index (χ2v) is 4.50. The molecule has 0 aromatic heterocycles. The Kier molecular flexibility index (Phi) is 4.11. The third-order valence-corrected chi connectivity index (χ3v) is 3.33. The van der Waals surface area contributed by atoms with Crippen molar-refractivity contribution in [3.63, 3.8) is 0 Å². The molecule has 0 aliphatic carbocycles. The van der Waals surface area contributed by atoms with Crippen LogP contribution in [-0.4, -0.2) is 18.0 Å². The molecule has 90 valence electrons. The Bertz CT molecular complexity index is 403. The lowest BCUT2D eigenvalue weighted by Crippen LogP contribution is -2.29. The molecule has 1 aliphatic heterocycles. The summed E-state index contributed by atoms with van der Waals surface area (Å²) in [6.07, 6.45) is 4.64. The summed E-state index contributed by atoms with van der Waals surface area (Å²) in [6, 6.07) is 8.41. The summed E-state index contributed by atoms with van der Waals surface area (Å²) in [5.41, 5.74) is 0.511. The van der Waals surface area contributed by atoms with Crippen LogP contribution >= 0.6 is 0 Å². The van der Waals surface area contributed by atoms with E-state index in [0.29, 0.717) is 5.56 Å². The predicted molar refractivity (Wildman–Crippen MR) is 64.8 cm³/mol. The van der Waals surface area contributed by atoms with Crippen molar-refractivity contribution in [2.75, 3.05) is 13.1 Å². The third kappa shape index (κ3) is 2.83. The first-order valence-corrected chi connectivity index (χ1v) is 6.21. The molecule has 1 unspecified atom stereocenters. The van der Waals surface area contributed by atoms with Gasteiger partial charge in [-0.25, -0.2) is 4.39 Å². The van der Waals surface area contributed by atoms with Crippen molar-refractivity contribution in [2.24, 2.45) is 0 Å². The molecular formula is C14H17FN2. The maximum atomic E-state index is 13.7. The van der Waals surface area contributed by atoms with E-state index in [4.69, 9.17) is 0 Å². The zero-order valence-electron chi connectivity index (χ0n) is 9.90. The van der Waals surface area contributed by atoms with Crippen molar-refractivity contribution >= 4 is 0 Å². The smallest absolute Gasteiger partial charge is 0.129 e. The second kappa shape index (κ2) is 5.79. The second-order valence-electron chi connectivity index (χ2n) is 4.50. The third-order valence-electron chi connectivity index (χ3n) is 3.33. The van der Waals surface area contributed by atoms with E-state index in [1.807, 2.05) is 0 Å². The SMILES string of the molecule is N#CC(c1ccccc1F)N1CCCCCC1. The number of benzene rings is 1. The van der Waals surface area contributed by atoms with E-state index in [9.17, 15) is 9.65 Å². The Morgan fingerprint density at radius 1 is 1.12 bits per heavy atom. The van der Waals surface area contributed by atoms with Gasteiger partial charge >= 0.3 is 0 Å². The molecule has 0 radical (unpaired) electrons. The Balaban J connectivity index is 2.21. The van der Waals surface area contributed by atoms with Crippen LogP contribution in [0, 0.1) is 17.1 Å². The molecule has 3 heteroatoms. The van der Waals surface area contributed by atoms with Crippen LogP contribution in [0.1, 0.15) is 37.3 Å². The number of nitrogens with zero attached hydrogens (tertiary/aromatic N) is 2. The molecule has 0 spiro atoms. The average Bonchev–Trinajstić information content (AvgIpc) is 2.62. The summed E-state index contributed by atoms with van der Waals surface area (Å²) in [5, 5.41) is 9.29. The van der Waals surface area contributed by atoms with Gasteiger partial charge in [-0.15, -0.1) is 0 Å². The maximum absolute atomic E-state index is 13.7. The fraction of sp³-hybridized carbons (Fsp3) is 0.500. The largest absolute Gasteiger partial charge is 0.284 e. The molecule has 0 N–H and O–H groups in total. The normalized spacial score (nSPS) is 19.3. The summed E-state index contributed by atoms with van der Waals surface area (Å²) in [6.45, 7) is 1.79. The Hall–Kier alpha value is -1.40. The van der Waals surface area contributed by atoms with E-state index in [2.05, 4.69) is 11.0 Å². The number of nitriles is 1. The van der Waals surface area contributed by atoms with Crippen LogP contribution in [0.25, 0.3) is 0 Å². The van der Waals surface area contributed by atoms with Gasteiger partial charge in [-0.2, -0.15) is 5.26 Å². The van der Waals surface area contributed by atoms with E-state index in [0.717, 1.165) is 25.9 Å². The Labute approximate surface area is 102 Å². The van der Waals surface area contributed by atoms with Crippen molar-refractivity contribution in [3.8, 4) is 6.07 Å². The van der Waals surface area contributed by atoms with Gasteiger partial charge in [0.1, 0.15) is 11.9 Å². The van der Waals surface area contributed by atoms with Crippen LogP contribution in [0.4, 0.5) is 4.39 Å². The van der Waals surface area contributed by atoms with Gasteiger partial charge in [0, 0.05) is 5.56 Å². The Morgan fingerprint density at radius 2 is 1.76 bits per heavy atom. The van der Waals surface area contributed by atoms with Crippen LogP contribution in [-0.2, 0) is 0 Å². The van der Waals surface area contributed by atoms with Crippen molar-refractivity contribution in [2.45, 2.75) is 31.7 Å². The van der Waals surface area contributed by atoms with Gasteiger partial charge in [0.05, 0.1) is 6.07 Å². The number of hydrogen-bond donors (Lipinski definition) is 0. The van der Waals surface area contributed by atoms with Gasteiger partial charge in [-0.05, 0) is 32.0 Å². The van der Waals surface area contributed by atoms with E-state index >= 15 is 0 Å². The molecule has 1 fully saturated rings. The van der Waals surface area contributed by atoms with Gasteiger partial charge in [-0.1, -0.05) is 31.0 Å². The highest BCUT2D eigenvalue weighted by Crippen LogP contribution is 2.25. The number of halogens is 1. The van der Waals surface area contributed by atoms with Gasteiger partial charge < -0.3 is 0 Å². The lowest BCUT2D eigenvalue weighted by molar-refractivity contribution is 0.241. The zero-order chi connectivity index (χ0) is 12.1. The highest BCUT2D eigenvalue weighted by atomic mass is 19.1. The average molecular weight is 232 g/mol. The molecule has 2 nitrogen and oxygen atoms in total. The lowest BCUT2D eigenvalue weighted by Gasteiger charge is -2.25. The minimum Gasteiger partial charge on any atom is -0.284 e. The number of likely N-dealkylation sites (tertiary alicyclic amines) is 1. The monoisotopic (exact) mass is 232 g/mol. The topological polar surface area (TPSA) is 27.0 Å². The molecular weight excluding hydrogens is 215 g/mol. The maximum Gasteiger partial charge on any atom is 0.129 e. The van der Waals surface area contributed by atoms with E-state index in [1.165, 1.54) is 18.9 Å². The first-order valence-electron chi connectivity index (χ1n) is 6.21. The fourth-order valence-corrected chi connectivity index (χ4v) is 2.40. The number of rotatable bonds is 2. The molecule has 0 bridgehead atoms. The van der Waals surface area contributed by atoms with Crippen molar-refractivity contribution < 1.29 is 4.39 Å². The summed E-state index contributed by atoms with van der Waals surface area (Å²) < 4.78 is 13.7. The fourth-order valence-electron chi connectivity index (χ4n) is 2.40. The molecule has 1 saturated heterocycles. The quantitative estimate of drug-likeness (QED) is 0.782. The molecule has 1 aliphatic rings. The molecule has 0 amide bonds. The molecule has 0 saturated carbocycles. The van der Waals surface area contributed by atoms with Crippen LogP contribution < -0.4 is 0 Å². The van der Waals surface area contributed by atoms with Crippen LogP contribution in [0.15, 0.2) is 24.3 Å². The van der Waals surface area contributed by atoms with Gasteiger partial charge in [0.2, 0.25) is 0 Å². The molecule has 17 heavy (non-hydrogen) atoms. The lowest BCUT2D eigenvalue weighted by atomic mass is 10.1. The molecule has 1 heterocycles. The van der Waals surface area contributed by atoms with E-state index < -0.39 is 6.04 Å². The van der Waals surface area contributed by atoms with Gasteiger partial charge in [-0.3, -0.25) is 4.90 Å². The Morgan fingerprint density at radius 3 is 2.35 bits per heavy atom.